The fraction of sp³-hybridized carbons (Fsp3) is 0.636. The van der Waals surface area contributed by atoms with Gasteiger partial charge in [-0.25, -0.2) is 4.98 Å². The molecule has 0 radical (unpaired) electrons. The Morgan fingerprint density at radius 2 is 2.33 bits per heavy atom. The van der Waals surface area contributed by atoms with Crippen molar-refractivity contribution in [3.05, 3.63) is 16.1 Å². The highest BCUT2D eigenvalue weighted by molar-refractivity contribution is 7.09. The maximum atomic E-state index is 8.89. The smallest absolute Gasteiger partial charge is 0.0798 e. The van der Waals surface area contributed by atoms with Crippen LogP contribution in [0.1, 0.15) is 37.4 Å². The van der Waals surface area contributed by atoms with Gasteiger partial charge in [-0.15, -0.1) is 11.3 Å². The van der Waals surface area contributed by atoms with Crippen LogP contribution in [0.2, 0.25) is 0 Å². The maximum Gasteiger partial charge on any atom is 0.0798 e. The van der Waals surface area contributed by atoms with Gasteiger partial charge in [-0.2, -0.15) is 5.26 Å². The number of nitrogens with one attached hydrogen (secondary N) is 1. The van der Waals surface area contributed by atoms with Crippen LogP contribution >= 0.6 is 11.3 Å². The molecule has 1 rings (SSSR count). The minimum absolute atomic E-state index is 0.269. The van der Waals surface area contributed by atoms with Crippen LogP contribution in [0.25, 0.3) is 0 Å². The monoisotopic (exact) mass is 223 g/mol. The third kappa shape index (κ3) is 3.29. The van der Waals surface area contributed by atoms with Gasteiger partial charge in [0.05, 0.1) is 22.7 Å². The zero-order valence-electron chi connectivity index (χ0n) is 9.66. The lowest BCUT2D eigenvalue weighted by Gasteiger charge is -2.19. The predicted octanol–water partition coefficient (Wildman–Crippen LogP) is 2.65. The molecule has 1 unspecified atom stereocenters. The fourth-order valence-electron chi connectivity index (χ4n) is 1.27. The van der Waals surface area contributed by atoms with Crippen LogP contribution in [0.3, 0.4) is 0 Å². The Bertz CT molecular complexity index is 362. The number of aromatic nitrogens is 1. The van der Waals surface area contributed by atoms with Crippen molar-refractivity contribution >= 4 is 11.3 Å². The van der Waals surface area contributed by atoms with Crippen molar-refractivity contribution in [2.45, 2.75) is 33.7 Å². The SMILES string of the molecule is Cc1ncsc1C(C)NCC(C)(C)C#N. The van der Waals surface area contributed by atoms with Crippen molar-refractivity contribution in [3.8, 4) is 6.07 Å². The Morgan fingerprint density at radius 3 is 2.80 bits per heavy atom. The number of hydrogen-bond acceptors (Lipinski definition) is 4. The second-order valence-electron chi connectivity index (χ2n) is 4.40. The van der Waals surface area contributed by atoms with E-state index in [9.17, 15) is 0 Å². The van der Waals surface area contributed by atoms with Crippen LogP contribution in [0.15, 0.2) is 5.51 Å². The van der Waals surface area contributed by atoms with Crippen molar-refractivity contribution in [1.82, 2.24) is 10.3 Å². The molecular weight excluding hydrogens is 206 g/mol. The summed E-state index contributed by atoms with van der Waals surface area (Å²) in [5.74, 6) is 0. The summed E-state index contributed by atoms with van der Waals surface area (Å²) < 4.78 is 0. The Labute approximate surface area is 95.2 Å². The summed E-state index contributed by atoms with van der Waals surface area (Å²) in [7, 11) is 0. The molecule has 0 aliphatic rings. The average molecular weight is 223 g/mol. The van der Waals surface area contributed by atoms with Gasteiger partial charge in [0.25, 0.3) is 0 Å². The van der Waals surface area contributed by atoms with E-state index in [4.69, 9.17) is 5.26 Å². The second-order valence-corrected chi connectivity index (χ2v) is 5.29. The third-order valence-electron chi connectivity index (χ3n) is 2.33. The van der Waals surface area contributed by atoms with Crippen molar-refractivity contribution in [2.24, 2.45) is 5.41 Å². The van der Waals surface area contributed by atoms with Gasteiger partial charge in [0.1, 0.15) is 0 Å². The zero-order chi connectivity index (χ0) is 11.5. The van der Waals surface area contributed by atoms with Gasteiger partial charge in [0, 0.05) is 17.5 Å². The number of hydrogen-bond donors (Lipinski definition) is 1. The molecule has 0 spiro atoms. The largest absolute Gasteiger partial charge is 0.308 e. The molecule has 0 aliphatic heterocycles. The molecule has 0 saturated heterocycles. The molecule has 1 heterocycles. The van der Waals surface area contributed by atoms with Gasteiger partial charge in [-0.05, 0) is 27.7 Å². The molecule has 82 valence electrons. The normalized spacial score (nSPS) is 13.5. The first-order valence-corrected chi connectivity index (χ1v) is 5.89. The number of aryl methyl sites for hydroxylation is 1. The lowest BCUT2D eigenvalue weighted by atomic mass is 9.95. The first-order valence-electron chi connectivity index (χ1n) is 5.01. The summed E-state index contributed by atoms with van der Waals surface area (Å²) >= 11 is 1.66. The van der Waals surface area contributed by atoms with Crippen LogP contribution in [-0.4, -0.2) is 11.5 Å². The van der Waals surface area contributed by atoms with E-state index < -0.39 is 0 Å². The summed E-state index contributed by atoms with van der Waals surface area (Å²) in [6.45, 7) is 8.69. The van der Waals surface area contributed by atoms with Crippen LogP contribution in [-0.2, 0) is 0 Å². The Morgan fingerprint density at radius 1 is 1.67 bits per heavy atom. The molecule has 1 aromatic rings. The van der Waals surface area contributed by atoms with Gasteiger partial charge in [-0.3, -0.25) is 0 Å². The average Bonchev–Trinajstić information content (AvgIpc) is 2.61. The van der Waals surface area contributed by atoms with Gasteiger partial charge < -0.3 is 5.32 Å². The van der Waals surface area contributed by atoms with E-state index >= 15 is 0 Å². The molecule has 1 atom stereocenters. The van der Waals surface area contributed by atoms with E-state index in [1.807, 2.05) is 26.3 Å². The standard InChI is InChI=1S/C11H17N3S/c1-8(10-9(2)14-7-15-10)13-6-11(3,4)5-12/h7-8,13H,6H2,1-4H3. The lowest BCUT2D eigenvalue weighted by molar-refractivity contribution is 0.416. The predicted molar refractivity (Wildman–Crippen MR) is 62.7 cm³/mol. The molecule has 0 fully saturated rings. The summed E-state index contributed by atoms with van der Waals surface area (Å²) in [5.41, 5.74) is 2.63. The van der Waals surface area contributed by atoms with Crippen LogP contribution < -0.4 is 5.32 Å². The van der Waals surface area contributed by atoms with Crippen LogP contribution in [0.4, 0.5) is 0 Å². The van der Waals surface area contributed by atoms with E-state index in [0.717, 1.165) is 5.69 Å². The second kappa shape index (κ2) is 4.73. The molecule has 0 aromatic carbocycles. The highest BCUT2D eigenvalue weighted by Crippen LogP contribution is 2.22. The summed E-state index contributed by atoms with van der Waals surface area (Å²) in [4.78, 5) is 5.47. The van der Waals surface area contributed by atoms with E-state index in [-0.39, 0.29) is 11.5 Å². The summed E-state index contributed by atoms with van der Waals surface area (Å²) in [5, 5.41) is 12.3. The van der Waals surface area contributed by atoms with Crippen molar-refractivity contribution in [3.63, 3.8) is 0 Å². The van der Waals surface area contributed by atoms with Gasteiger partial charge in [0.2, 0.25) is 0 Å². The summed E-state index contributed by atoms with van der Waals surface area (Å²) in [6, 6.07) is 2.55. The molecule has 0 amide bonds. The minimum atomic E-state index is -0.313. The number of rotatable bonds is 4. The summed E-state index contributed by atoms with van der Waals surface area (Å²) in [6.07, 6.45) is 0. The fourth-order valence-corrected chi connectivity index (χ4v) is 2.10. The van der Waals surface area contributed by atoms with E-state index in [1.165, 1.54) is 4.88 Å². The molecule has 3 nitrogen and oxygen atoms in total. The van der Waals surface area contributed by atoms with E-state index in [1.54, 1.807) is 11.3 Å². The number of thiazole rings is 1. The van der Waals surface area contributed by atoms with Crippen molar-refractivity contribution in [2.75, 3.05) is 6.54 Å². The van der Waals surface area contributed by atoms with Crippen molar-refractivity contribution < 1.29 is 0 Å². The first kappa shape index (κ1) is 12.2. The minimum Gasteiger partial charge on any atom is -0.308 e. The van der Waals surface area contributed by atoms with Gasteiger partial charge in [-0.1, -0.05) is 0 Å². The highest BCUT2D eigenvalue weighted by Gasteiger charge is 2.19. The van der Waals surface area contributed by atoms with Crippen LogP contribution in [0.5, 0.6) is 0 Å². The molecule has 4 heteroatoms. The lowest BCUT2D eigenvalue weighted by Crippen LogP contribution is -2.30. The Kier molecular flexibility index (Phi) is 3.83. The topological polar surface area (TPSA) is 48.7 Å². The number of nitriles is 1. The van der Waals surface area contributed by atoms with Crippen molar-refractivity contribution in [1.29, 1.82) is 5.26 Å². The molecule has 0 aliphatic carbocycles. The van der Waals surface area contributed by atoms with E-state index in [0.29, 0.717) is 6.54 Å². The molecule has 1 N–H and O–H groups in total. The zero-order valence-corrected chi connectivity index (χ0v) is 10.5. The molecule has 0 bridgehead atoms. The molecule has 0 saturated carbocycles. The third-order valence-corrected chi connectivity index (χ3v) is 3.44. The highest BCUT2D eigenvalue weighted by atomic mass is 32.1. The first-order chi connectivity index (χ1) is 6.96. The molecule has 15 heavy (non-hydrogen) atoms. The maximum absolute atomic E-state index is 8.89. The Balaban J connectivity index is 2.55. The molecular formula is C11H17N3S. The molecule has 1 aromatic heterocycles. The Hall–Kier alpha value is -0.920. The quantitative estimate of drug-likeness (QED) is 0.853. The van der Waals surface area contributed by atoms with Gasteiger partial charge in [0.15, 0.2) is 0 Å². The van der Waals surface area contributed by atoms with Crippen LogP contribution in [0, 0.1) is 23.7 Å². The number of nitrogens with zero attached hydrogens (tertiary/aromatic N) is 2. The van der Waals surface area contributed by atoms with E-state index in [2.05, 4.69) is 23.3 Å². The van der Waals surface area contributed by atoms with Gasteiger partial charge >= 0.3 is 0 Å².